The molecule has 20 heavy (non-hydrogen) atoms. The first-order valence-electron chi connectivity index (χ1n) is 6.44. The molecular weight excluding hydrogens is 252 g/mol. The summed E-state index contributed by atoms with van der Waals surface area (Å²) in [4.78, 5) is 6.33. The van der Waals surface area contributed by atoms with Crippen molar-refractivity contribution >= 4 is 5.82 Å². The molecule has 1 aromatic carbocycles. The van der Waals surface area contributed by atoms with Crippen LogP contribution in [0.1, 0.15) is 11.1 Å². The summed E-state index contributed by atoms with van der Waals surface area (Å²) in [6, 6.07) is 12.1. The van der Waals surface area contributed by atoms with Crippen LogP contribution in [0.15, 0.2) is 42.6 Å². The molecule has 0 bridgehead atoms. The standard InChI is InChI=1S/C15H20N4O/c1-19(10-12-3-5-14(20-2)6-4-12)11-13-7-8-17-15(9-13)18-16/h3-9H,10-11,16H2,1-2H3,(H,17,18). The molecule has 0 saturated carbocycles. The van der Waals surface area contributed by atoms with Crippen molar-refractivity contribution in [3.63, 3.8) is 0 Å². The van der Waals surface area contributed by atoms with Crippen molar-refractivity contribution in [1.82, 2.24) is 9.88 Å². The van der Waals surface area contributed by atoms with E-state index >= 15 is 0 Å². The van der Waals surface area contributed by atoms with Crippen molar-refractivity contribution in [2.45, 2.75) is 13.1 Å². The van der Waals surface area contributed by atoms with Crippen LogP contribution in [0.2, 0.25) is 0 Å². The lowest BCUT2D eigenvalue weighted by molar-refractivity contribution is 0.319. The molecule has 0 fully saturated rings. The van der Waals surface area contributed by atoms with Crippen LogP contribution in [-0.4, -0.2) is 24.0 Å². The molecule has 1 aromatic heterocycles. The topological polar surface area (TPSA) is 63.4 Å². The van der Waals surface area contributed by atoms with Gasteiger partial charge in [-0.2, -0.15) is 0 Å². The molecule has 0 aliphatic rings. The Morgan fingerprint density at radius 2 is 1.85 bits per heavy atom. The third kappa shape index (κ3) is 3.94. The Hall–Kier alpha value is -2.11. The Balaban J connectivity index is 1.95. The van der Waals surface area contributed by atoms with Gasteiger partial charge in [-0.25, -0.2) is 10.8 Å². The highest BCUT2D eigenvalue weighted by molar-refractivity contribution is 5.36. The molecule has 2 rings (SSSR count). The average Bonchev–Trinajstić information content (AvgIpc) is 2.48. The molecule has 0 unspecified atom stereocenters. The van der Waals surface area contributed by atoms with Crippen LogP contribution in [0.25, 0.3) is 0 Å². The molecule has 0 saturated heterocycles. The van der Waals surface area contributed by atoms with Crippen LogP contribution >= 0.6 is 0 Å². The maximum absolute atomic E-state index is 5.36. The van der Waals surface area contributed by atoms with Gasteiger partial charge < -0.3 is 10.2 Å². The number of nitrogens with two attached hydrogens (primary N) is 1. The molecule has 0 radical (unpaired) electrons. The fourth-order valence-corrected chi connectivity index (χ4v) is 2.06. The van der Waals surface area contributed by atoms with E-state index in [0.717, 1.165) is 18.8 Å². The second-order valence-corrected chi connectivity index (χ2v) is 4.71. The first-order valence-corrected chi connectivity index (χ1v) is 6.44. The molecule has 5 nitrogen and oxygen atoms in total. The van der Waals surface area contributed by atoms with Crippen molar-refractivity contribution in [1.29, 1.82) is 0 Å². The quantitative estimate of drug-likeness (QED) is 0.622. The molecule has 3 N–H and O–H groups in total. The molecule has 2 aromatic rings. The molecule has 0 aliphatic carbocycles. The van der Waals surface area contributed by atoms with Crippen molar-refractivity contribution in [3.05, 3.63) is 53.7 Å². The van der Waals surface area contributed by atoms with Crippen molar-refractivity contribution < 1.29 is 4.74 Å². The number of rotatable bonds is 6. The van der Waals surface area contributed by atoms with Crippen LogP contribution < -0.4 is 16.0 Å². The number of methoxy groups -OCH3 is 1. The van der Waals surface area contributed by atoms with E-state index in [2.05, 4.69) is 34.5 Å². The smallest absolute Gasteiger partial charge is 0.140 e. The zero-order valence-electron chi connectivity index (χ0n) is 11.8. The third-order valence-corrected chi connectivity index (χ3v) is 3.04. The van der Waals surface area contributed by atoms with Crippen molar-refractivity contribution in [2.24, 2.45) is 5.84 Å². The molecule has 1 heterocycles. The number of hydrogen-bond donors (Lipinski definition) is 2. The summed E-state index contributed by atoms with van der Waals surface area (Å²) in [6.45, 7) is 1.71. The van der Waals surface area contributed by atoms with Gasteiger partial charge in [0.05, 0.1) is 7.11 Å². The maximum Gasteiger partial charge on any atom is 0.140 e. The second-order valence-electron chi connectivity index (χ2n) is 4.71. The minimum Gasteiger partial charge on any atom is -0.497 e. The number of nitrogen functional groups attached to an aromatic ring is 1. The van der Waals surface area contributed by atoms with Gasteiger partial charge in [-0.1, -0.05) is 12.1 Å². The Bertz CT molecular complexity index is 542. The fraction of sp³-hybridized carbons (Fsp3) is 0.267. The first kappa shape index (κ1) is 14.3. The monoisotopic (exact) mass is 272 g/mol. The number of benzene rings is 1. The highest BCUT2D eigenvalue weighted by Gasteiger charge is 2.03. The van der Waals surface area contributed by atoms with Gasteiger partial charge in [0.25, 0.3) is 0 Å². The van der Waals surface area contributed by atoms with E-state index in [1.807, 2.05) is 24.3 Å². The number of hydrazine groups is 1. The van der Waals surface area contributed by atoms with Crippen molar-refractivity contribution in [3.8, 4) is 5.75 Å². The van der Waals surface area contributed by atoms with Crippen LogP contribution in [0, 0.1) is 0 Å². The summed E-state index contributed by atoms with van der Waals surface area (Å²) < 4.78 is 5.16. The van der Waals surface area contributed by atoms with Gasteiger partial charge in [0.15, 0.2) is 0 Å². The fourth-order valence-electron chi connectivity index (χ4n) is 2.06. The van der Waals surface area contributed by atoms with Gasteiger partial charge in [-0.05, 0) is 42.4 Å². The summed E-state index contributed by atoms with van der Waals surface area (Å²) in [5.74, 6) is 6.92. The normalized spacial score (nSPS) is 10.6. The number of ether oxygens (including phenoxy) is 1. The van der Waals surface area contributed by atoms with E-state index < -0.39 is 0 Å². The third-order valence-electron chi connectivity index (χ3n) is 3.04. The molecule has 5 heteroatoms. The van der Waals surface area contributed by atoms with Gasteiger partial charge in [0, 0.05) is 19.3 Å². The average molecular weight is 272 g/mol. The zero-order chi connectivity index (χ0) is 14.4. The molecular formula is C15H20N4O. The van der Waals surface area contributed by atoms with Gasteiger partial charge in [0.1, 0.15) is 11.6 Å². The number of nitrogens with zero attached hydrogens (tertiary/aromatic N) is 2. The van der Waals surface area contributed by atoms with E-state index in [-0.39, 0.29) is 0 Å². The van der Waals surface area contributed by atoms with E-state index in [4.69, 9.17) is 10.6 Å². The van der Waals surface area contributed by atoms with E-state index in [9.17, 15) is 0 Å². The maximum atomic E-state index is 5.36. The Labute approximate surface area is 119 Å². The molecule has 0 spiro atoms. The van der Waals surface area contributed by atoms with E-state index in [1.165, 1.54) is 11.1 Å². The van der Waals surface area contributed by atoms with E-state index in [1.54, 1.807) is 13.3 Å². The Morgan fingerprint density at radius 1 is 1.15 bits per heavy atom. The number of nitrogens with one attached hydrogen (secondary N) is 1. The minimum atomic E-state index is 0.681. The zero-order valence-corrected chi connectivity index (χ0v) is 11.8. The summed E-state index contributed by atoms with van der Waals surface area (Å²) in [7, 11) is 3.76. The lowest BCUT2D eigenvalue weighted by Gasteiger charge is -2.17. The van der Waals surface area contributed by atoms with Crippen LogP contribution in [0.5, 0.6) is 5.75 Å². The lowest BCUT2D eigenvalue weighted by Crippen LogP contribution is -2.17. The molecule has 106 valence electrons. The van der Waals surface area contributed by atoms with Crippen LogP contribution in [0.4, 0.5) is 5.82 Å². The summed E-state index contributed by atoms with van der Waals surface area (Å²) in [5.41, 5.74) is 4.98. The molecule has 0 amide bonds. The van der Waals surface area contributed by atoms with Crippen molar-refractivity contribution in [2.75, 3.05) is 19.6 Å². The largest absolute Gasteiger partial charge is 0.497 e. The van der Waals surface area contributed by atoms with Gasteiger partial charge in [-0.3, -0.25) is 4.90 Å². The second kappa shape index (κ2) is 6.88. The SMILES string of the molecule is COc1ccc(CN(C)Cc2ccnc(NN)c2)cc1. The van der Waals surface area contributed by atoms with Gasteiger partial charge >= 0.3 is 0 Å². The first-order chi connectivity index (χ1) is 9.71. The number of anilines is 1. The highest BCUT2D eigenvalue weighted by Crippen LogP contribution is 2.14. The number of hydrogen-bond acceptors (Lipinski definition) is 5. The lowest BCUT2D eigenvalue weighted by atomic mass is 10.2. The molecule has 0 aliphatic heterocycles. The van der Waals surface area contributed by atoms with E-state index in [0.29, 0.717) is 5.82 Å². The number of aromatic nitrogens is 1. The predicted molar refractivity (Wildman–Crippen MR) is 80.2 cm³/mol. The number of pyridine rings is 1. The van der Waals surface area contributed by atoms with Crippen LogP contribution in [-0.2, 0) is 13.1 Å². The predicted octanol–water partition coefficient (Wildman–Crippen LogP) is 2.01. The summed E-state index contributed by atoms with van der Waals surface area (Å²) >= 11 is 0. The summed E-state index contributed by atoms with van der Waals surface area (Å²) in [6.07, 6.45) is 1.76. The van der Waals surface area contributed by atoms with Gasteiger partial charge in [0.2, 0.25) is 0 Å². The summed E-state index contributed by atoms with van der Waals surface area (Å²) in [5, 5.41) is 0. The minimum absolute atomic E-state index is 0.681. The molecule has 0 atom stereocenters. The highest BCUT2D eigenvalue weighted by atomic mass is 16.5. The Kier molecular flexibility index (Phi) is 4.92. The van der Waals surface area contributed by atoms with Crippen LogP contribution in [0.3, 0.4) is 0 Å². The van der Waals surface area contributed by atoms with Gasteiger partial charge in [-0.15, -0.1) is 0 Å². The Morgan fingerprint density at radius 3 is 2.50 bits per heavy atom.